The molecule has 2 rings (SSSR count). The number of rotatable bonds is 4. The SMILES string of the molecule is CCC1COC(C)CN1CC(=O)c1ccc(O)cc1. The summed E-state index contributed by atoms with van der Waals surface area (Å²) in [4.78, 5) is 14.4. The van der Waals surface area contributed by atoms with Crippen molar-refractivity contribution < 1.29 is 14.6 Å². The maximum Gasteiger partial charge on any atom is 0.176 e. The molecule has 0 aromatic heterocycles. The first-order chi connectivity index (χ1) is 9.10. The molecule has 1 heterocycles. The summed E-state index contributed by atoms with van der Waals surface area (Å²) in [5, 5.41) is 9.24. The number of morpholine rings is 1. The van der Waals surface area contributed by atoms with Crippen molar-refractivity contribution in [3.63, 3.8) is 0 Å². The number of carbonyl (C=O) groups is 1. The van der Waals surface area contributed by atoms with Gasteiger partial charge in [-0.05, 0) is 37.6 Å². The van der Waals surface area contributed by atoms with Gasteiger partial charge in [0.1, 0.15) is 5.75 Å². The monoisotopic (exact) mass is 263 g/mol. The zero-order valence-corrected chi connectivity index (χ0v) is 11.5. The molecule has 0 radical (unpaired) electrons. The van der Waals surface area contributed by atoms with E-state index < -0.39 is 0 Å². The predicted molar refractivity (Wildman–Crippen MR) is 73.5 cm³/mol. The molecule has 2 unspecified atom stereocenters. The average Bonchev–Trinajstić information content (AvgIpc) is 2.39. The van der Waals surface area contributed by atoms with Crippen LogP contribution in [0, 0.1) is 0 Å². The lowest BCUT2D eigenvalue weighted by molar-refractivity contribution is -0.0523. The molecule has 4 nitrogen and oxygen atoms in total. The summed E-state index contributed by atoms with van der Waals surface area (Å²) in [6.07, 6.45) is 1.16. The molecule has 1 aromatic carbocycles. The number of hydrogen-bond acceptors (Lipinski definition) is 4. The van der Waals surface area contributed by atoms with E-state index in [2.05, 4.69) is 11.8 Å². The summed E-state index contributed by atoms with van der Waals surface area (Å²) in [5.74, 6) is 0.274. The Morgan fingerprint density at radius 1 is 1.42 bits per heavy atom. The largest absolute Gasteiger partial charge is 0.508 e. The van der Waals surface area contributed by atoms with E-state index in [4.69, 9.17) is 4.74 Å². The smallest absolute Gasteiger partial charge is 0.176 e. The van der Waals surface area contributed by atoms with E-state index in [1.54, 1.807) is 24.3 Å². The van der Waals surface area contributed by atoms with Crippen molar-refractivity contribution >= 4 is 5.78 Å². The molecular weight excluding hydrogens is 242 g/mol. The van der Waals surface area contributed by atoms with E-state index in [1.807, 2.05) is 6.92 Å². The molecule has 0 amide bonds. The number of benzene rings is 1. The van der Waals surface area contributed by atoms with Crippen molar-refractivity contribution in [2.75, 3.05) is 19.7 Å². The topological polar surface area (TPSA) is 49.8 Å². The number of phenols is 1. The van der Waals surface area contributed by atoms with E-state index in [1.165, 1.54) is 0 Å². The Bertz CT molecular complexity index is 430. The highest BCUT2D eigenvalue weighted by atomic mass is 16.5. The van der Waals surface area contributed by atoms with Crippen LogP contribution in [0.4, 0.5) is 0 Å². The van der Waals surface area contributed by atoms with Crippen LogP contribution >= 0.6 is 0 Å². The number of nitrogens with zero attached hydrogens (tertiary/aromatic N) is 1. The summed E-state index contributed by atoms with van der Waals surface area (Å²) < 4.78 is 5.63. The van der Waals surface area contributed by atoms with Crippen LogP contribution in [0.25, 0.3) is 0 Å². The molecule has 1 fully saturated rings. The van der Waals surface area contributed by atoms with Crippen molar-refractivity contribution in [2.45, 2.75) is 32.4 Å². The van der Waals surface area contributed by atoms with Crippen LogP contribution in [0.1, 0.15) is 30.6 Å². The third kappa shape index (κ3) is 3.55. The lowest BCUT2D eigenvalue weighted by atomic mass is 10.1. The summed E-state index contributed by atoms with van der Waals surface area (Å²) >= 11 is 0. The van der Waals surface area contributed by atoms with E-state index in [0.717, 1.165) is 13.0 Å². The summed E-state index contributed by atoms with van der Waals surface area (Å²) in [6.45, 7) is 6.05. The molecular formula is C15H21NO3. The first-order valence-corrected chi connectivity index (χ1v) is 6.78. The molecule has 0 aliphatic carbocycles. The molecule has 104 valence electrons. The van der Waals surface area contributed by atoms with Crippen LogP contribution in [0.15, 0.2) is 24.3 Å². The Morgan fingerprint density at radius 3 is 2.74 bits per heavy atom. The third-order valence-corrected chi connectivity index (χ3v) is 3.59. The average molecular weight is 263 g/mol. The van der Waals surface area contributed by atoms with Gasteiger partial charge in [-0.25, -0.2) is 0 Å². The van der Waals surface area contributed by atoms with Crippen LogP contribution in [-0.2, 0) is 4.74 Å². The van der Waals surface area contributed by atoms with E-state index in [0.29, 0.717) is 24.8 Å². The highest BCUT2D eigenvalue weighted by molar-refractivity contribution is 5.97. The molecule has 0 bridgehead atoms. The molecule has 1 aromatic rings. The third-order valence-electron chi connectivity index (χ3n) is 3.59. The van der Waals surface area contributed by atoms with Crippen molar-refractivity contribution in [3.05, 3.63) is 29.8 Å². The quantitative estimate of drug-likeness (QED) is 0.845. The van der Waals surface area contributed by atoms with Gasteiger partial charge in [0.05, 0.1) is 19.3 Å². The molecule has 2 atom stereocenters. The van der Waals surface area contributed by atoms with Gasteiger partial charge in [-0.1, -0.05) is 6.92 Å². The summed E-state index contributed by atoms with van der Waals surface area (Å²) in [6, 6.07) is 6.75. The standard InChI is InChI=1S/C15H21NO3/c1-3-13-10-19-11(2)8-16(13)9-15(18)12-4-6-14(17)7-5-12/h4-7,11,13,17H,3,8-10H2,1-2H3. The van der Waals surface area contributed by atoms with Gasteiger partial charge in [-0.15, -0.1) is 0 Å². The number of ether oxygens (including phenoxy) is 1. The Labute approximate surface area is 114 Å². The lowest BCUT2D eigenvalue weighted by Gasteiger charge is -2.37. The Balaban J connectivity index is 2.02. The fraction of sp³-hybridized carbons (Fsp3) is 0.533. The number of carbonyl (C=O) groups excluding carboxylic acids is 1. The van der Waals surface area contributed by atoms with Gasteiger partial charge in [0.2, 0.25) is 0 Å². The van der Waals surface area contributed by atoms with Crippen molar-refractivity contribution in [1.29, 1.82) is 0 Å². The number of Topliss-reactive ketones (excluding diaryl/α,β-unsaturated/α-hetero) is 1. The first-order valence-electron chi connectivity index (χ1n) is 6.78. The second kappa shape index (κ2) is 6.17. The van der Waals surface area contributed by atoms with E-state index in [9.17, 15) is 9.90 Å². The van der Waals surface area contributed by atoms with Gasteiger partial charge in [-0.2, -0.15) is 0 Å². The molecule has 1 N–H and O–H groups in total. The maximum atomic E-state index is 12.2. The normalized spacial score (nSPS) is 24.3. The van der Waals surface area contributed by atoms with E-state index >= 15 is 0 Å². The zero-order valence-electron chi connectivity index (χ0n) is 11.5. The summed E-state index contributed by atoms with van der Waals surface area (Å²) in [7, 11) is 0. The van der Waals surface area contributed by atoms with Gasteiger partial charge in [-0.3, -0.25) is 9.69 Å². The highest BCUT2D eigenvalue weighted by Gasteiger charge is 2.27. The minimum absolute atomic E-state index is 0.0903. The first kappa shape index (κ1) is 14.0. The van der Waals surface area contributed by atoms with E-state index in [-0.39, 0.29) is 17.6 Å². The van der Waals surface area contributed by atoms with Gasteiger partial charge in [0.15, 0.2) is 5.78 Å². The minimum atomic E-state index is 0.0903. The van der Waals surface area contributed by atoms with Gasteiger partial charge < -0.3 is 9.84 Å². The van der Waals surface area contributed by atoms with Crippen molar-refractivity contribution in [3.8, 4) is 5.75 Å². The molecule has 1 aliphatic rings. The Hall–Kier alpha value is -1.39. The molecule has 19 heavy (non-hydrogen) atoms. The zero-order chi connectivity index (χ0) is 13.8. The Kier molecular flexibility index (Phi) is 4.56. The molecule has 0 saturated carbocycles. The minimum Gasteiger partial charge on any atom is -0.508 e. The van der Waals surface area contributed by atoms with Crippen molar-refractivity contribution in [1.82, 2.24) is 4.90 Å². The molecule has 4 heteroatoms. The van der Waals surface area contributed by atoms with Crippen LogP contribution in [0.3, 0.4) is 0 Å². The highest BCUT2D eigenvalue weighted by Crippen LogP contribution is 2.16. The van der Waals surface area contributed by atoms with Crippen LogP contribution < -0.4 is 0 Å². The fourth-order valence-corrected chi connectivity index (χ4v) is 2.41. The predicted octanol–water partition coefficient (Wildman–Crippen LogP) is 2.07. The summed E-state index contributed by atoms with van der Waals surface area (Å²) in [5.41, 5.74) is 0.645. The maximum absolute atomic E-state index is 12.2. The van der Waals surface area contributed by atoms with Crippen LogP contribution in [0.5, 0.6) is 5.75 Å². The van der Waals surface area contributed by atoms with Crippen LogP contribution in [-0.4, -0.2) is 47.6 Å². The second-order valence-electron chi connectivity index (χ2n) is 5.11. The van der Waals surface area contributed by atoms with Crippen molar-refractivity contribution in [2.24, 2.45) is 0 Å². The number of aromatic hydroxyl groups is 1. The van der Waals surface area contributed by atoms with Gasteiger partial charge in [0.25, 0.3) is 0 Å². The van der Waals surface area contributed by atoms with Gasteiger partial charge >= 0.3 is 0 Å². The van der Waals surface area contributed by atoms with Gasteiger partial charge in [0, 0.05) is 18.2 Å². The number of ketones is 1. The fourth-order valence-electron chi connectivity index (χ4n) is 2.41. The molecule has 1 saturated heterocycles. The Morgan fingerprint density at radius 2 is 2.11 bits per heavy atom. The lowest BCUT2D eigenvalue weighted by Crippen LogP contribution is -2.50. The van der Waals surface area contributed by atoms with Crippen LogP contribution in [0.2, 0.25) is 0 Å². The molecule has 1 aliphatic heterocycles. The number of hydrogen-bond donors (Lipinski definition) is 1. The second-order valence-corrected chi connectivity index (χ2v) is 5.11. The molecule has 0 spiro atoms. The number of phenolic OH excluding ortho intramolecular Hbond substituents is 1.